The van der Waals surface area contributed by atoms with Crippen molar-refractivity contribution in [2.45, 2.75) is 109 Å². The van der Waals surface area contributed by atoms with Crippen LogP contribution < -0.4 is 0 Å². The molecular formula is C26H41N3O5. The summed E-state index contributed by atoms with van der Waals surface area (Å²) >= 11 is 0. The maximum atomic E-state index is 13.6. The molecule has 0 aromatic rings. The van der Waals surface area contributed by atoms with Crippen molar-refractivity contribution in [1.82, 2.24) is 9.80 Å². The molecule has 8 nitrogen and oxygen atoms in total. The Hall–Kier alpha value is -1.99. The Kier molecular flexibility index (Phi) is 8.25. The molecule has 4 atom stereocenters. The molecule has 1 heterocycles. The van der Waals surface area contributed by atoms with Gasteiger partial charge in [0.25, 0.3) is 0 Å². The predicted molar refractivity (Wildman–Crippen MR) is 127 cm³/mol. The van der Waals surface area contributed by atoms with E-state index in [1.165, 1.54) is 4.90 Å². The van der Waals surface area contributed by atoms with Crippen molar-refractivity contribution < 1.29 is 19.3 Å². The average molecular weight is 476 g/mol. The highest BCUT2D eigenvalue weighted by Gasteiger charge is 2.47. The second kappa shape index (κ2) is 11.2. The molecule has 3 saturated carbocycles. The third-order valence-electron chi connectivity index (χ3n) is 8.97. The van der Waals surface area contributed by atoms with Crippen LogP contribution in [-0.4, -0.2) is 57.6 Å². The van der Waals surface area contributed by atoms with Crippen molar-refractivity contribution in [2.24, 2.45) is 23.7 Å². The summed E-state index contributed by atoms with van der Waals surface area (Å²) in [6, 6.07) is -0.399. The van der Waals surface area contributed by atoms with E-state index >= 15 is 0 Å². The summed E-state index contributed by atoms with van der Waals surface area (Å²) in [7, 11) is 0. The minimum absolute atomic E-state index is 0.0110. The molecule has 8 heteroatoms. The summed E-state index contributed by atoms with van der Waals surface area (Å²) in [6.07, 6.45) is 11.8. The number of carbonyl (C=O) groups excluding carboxylic acids is 3. The Bertz CT molecular complexity index is 754. The van der Waals surface area contributed by atoms with Gasteiger partial charge in [0.05, 0.1) is 11.8 Å². The van der Waals surface area contributed by atoms with Crippen molar-refractivity contribution in [3.63, 3.8) is 0 Å². The van der Waals surface area contributed by atoms with Gasteiger partial charge in [0.1, 0.15) is 0 Å². The van der Waals surface area contributed by atoms with Crippen molar-refractivity contribution in [3.8, 4) is 0 Å². The van der Waals surface area contributed by atoms with Crippen molar-refractivity contribution in [1.29, 1.82) is 0 Å². The summed E-state index contributed by atoms with van der Waals surface area (Å²) < 4.78 is 0. The normalized spacial score (nSPS) is 34.1. The highest BCUT2D eigenvalue weighted by Crippen LogP contribution is 2.38. The molecule has 1 saturated heterocycles. The Balaban J connectivity index is 1.34. The van der Waals surface area contributed by atoms with Gasteiger partial charge in [-0.15, -0.1) is 0 Å². The molecule has 190 valence electrons. The van der Waals surface area contributed by atoms with Gasteiger partial charge in [0, 0.05) is 42.8 Å². The molecule has 4 aliphatic rings. The number of hydrogen-bond acceptors (Lipinski definition) is 5. The van der Waals surface area contributed by atoms with Gasteiger partial charge in [-0.2, -0.15) is 0 Å². The van der Waals surface area contributed by atoms with Gasteiger partial charge in [-0.1, -0.05) is 19.8 Å². The lowest BCUT2D eigenvalue weighted by atomic mass is 9.81. The van der Waals surface area contributed by atoms with Crippen molar-refractivity contribution in [2.75, 3.05) is 13.1 Å². The molecule has 0 aromatic heterocycles. The van der Waals surface area contributed by atoms with Crippen LogP contribution in [0, 0.1) is 33.8 Å². The zero-order valence-electron chi connectivity index (χ0n) is 20.7. The van der Waals surface area contributed by atoms with E-state index in [1.54, 1.807) is 0 Å². The number of likely N-dealkylation sites (tertiary alicyclic amines) is 1. The second-order valence-corrected chi connectivity index (χ2v) is 11.3. The van der Waals surface area contributed by atoms with Gasteiger partial charge in [-0.3, -0.25) is 29.4 Å². The van der Waals surface area contributed by atoms with Gasteiger partial charge in [0.2, 0.25) is 23.8 Å². The third kappa shape index (κ3) is 5.46. The van der Waals surface area contributed by atoms with Crippen LogP contribution >= 0.6 is 0 Å². The fraction of sp³-hybridized carbons (Fsp3) is 0.885. The van der Waals surface area contributed by atoms with E-state index in [4.69, 9.17) is 0 Å². The minimum Gasteiger partial charge on any atom is -0.339 e. The van der Waals surface area contributed by atoms with Crippen molar-refractivity contribution in [3.05, 3.63) is 10.1 Å². The Morgan fingerprint density at radius 3 is 2.21 bits per heavy atom. The lowest BCUT2D eigenvalue weighted by Gasteiger charge is -2.39. The predicted octanol–water partition coefficient (Wildman–Crippen LogP) is 4.18. The standard InChI is InChI=1S/C26H41N3O5/c1-18-11-13-20(14-12-18)27(24(30)19-7-6-8-21(17-19)29(33)34)15-4-5-16-28-25(31)22-9-2-3-10-23(22)26(28)32/h18-23H,2-17H2,1H3. The van der Waals surface area contributed by atoms with Crippen LogP contribution in [0.2, 0.25) is 0 Å². The summed E-state index contributed by atoms with van der Waals surface area (Å²) in [6.45, 7) is 3.31. The second-order valence-electron chi connectivity index (χ2n) is 11.3. The van der Waals surface area contributed by atoms with Crippen LogP contribution in [0.5, 0.6) is 0 Å². The highest BCUT2D eigenvalue weighted by molar-refractivity contribution is 6.05. The van der Waals surface area contributed by atoms with E-state index in [-0.39, 0.29) is 46.4 Å². The molecule has 4 rings (SSSR count). The molecule has 4 fully saturated rings. The first-order valence-electron chi connectivity index (χ1n) is 13.7. The fourth-order valence-corrected chi connectivity index (χ4v) is 6.84. The molecule has 3 aliphatic carbocycles. The SMILES string of the molecule is CC1CCC(N(CCCCN2C(=O)C3CCCCC3C2=O)C(=O)C2CCCC([N+](=O)[O-])C2)CC1. The number of hydrogen-bond donors (Lipinski definition) is 0. The third-order valence-corrected chi connectivity index (χ3v) is 8.97. The van der Waals surface area contributed by atoms with Crippen LogP contribution in [0.1, 0.15) is 96.8 Å². The van der Waals surface area contributed by atoms with E-state index in [1.807, 2.05) is 4.90 Å². The number of rotatable bonds is 8. The summed E-state index contributed by atoms with van der Waals surface area (Å²) in [5.74, 6) is 0.318. The van der Waals surface area contributed by atoms with Crippen molar-refractivity contribution >= 4 is 17.7 Å². The van der Waals surface area contributed by atoms with Crippen LogP contribution in [0.25, 0.3) is 0 Å². The molecule has 0 N–H and O–H groups in total. The van der Waals surface area contributed by atoms with E-state index in [0.717, 1.165) is 70.6 Å². The molecule has 0 radical (unpaired) electrons. The topological polar surface area (TPSA) is 101 Å². The maximum absolute atomic E-state index is 13.6. The minimum atomic E-state index is -0.605. The molecule has 1 aliphatic heterocycles. The fourth-order valence-electron chi connectivity index (χ4n) is 6.84. The number of carbonyl (C=O) groups is 3. The number of unbranched alkanes of at least 4 members (excludes halogenated alkanes) is 1. The molecule has 3 amide bonds. The first-order valence-corrected chi connectivity index (χ1v) is 13.7. The zero-order valence-corrected chi connectivity index (χ0v) is 20.7. The van der Waals surface area contributed by atoms with Crippen LogP contribution in [0.4, 0.5) is 0 Å². The summed E-state index contributed by atoms with van der Waals surface area (Å²) in [5.41, 5.74) is 0. The molecule has 0 aromatic carbocycles. The van der Waals surface area contributed by atoms with E-state index in [0.29, 0.717) is 38.3 Å². The smallest absolute Gasteiger partial charge is 0.233 e. The number of nitrogens with zero attached hydrogens (tertiary/aromatic N) is 3. The summed E-state index contributed by atoms with van der Waals surface area (Å²) in [4.78, 5) is 53.7. The highest BCUT2D eigenvalue weighted by atomic mass is 16.6. The van der Waals surface area contributed by atoms with Gasteiger partial charge >= 0.3 is 0 Å². The molecule has 0 bridgehead atoms. The number of amides is 3. The van der Waals surface area contributed by atoms with Crippen LogP contribution in [-0.2, 0) is 14.4 Å². The molecular weight excluding hydrogens is 434 g/mol. The van der Waals surface area contributed by atoms with E-state index in [9.17, 15) is 24.5 Å². The monoisotopic (exact) mass is 475 g/mol. The number of imide groups is 1. The Morgan fingerprint density at radius 2 is 1.59 bits per heavy atom. The number of nitro groups is 1. The molecule has 34 heavy (non-hydrogen) atoms. The maximum Gasteiger partial charge on any atom is 0.233 e. The van der Waals surface area contributed by atoms with Gasteiger partial charge in [0.15, 0.2) is 0 Å². The largest absolute Gasteiger partial charge is 0.339 e. The van der Waals surface area contributed by atoms with Gasteiger partial charge < -0.3 is 4.90 Å². The van der Waals surface area contributed by atoms with Gasteiger partial charge in [-0.05, 0) is 70.1 Å². The quantitative estimate of drug-likeness (QED) is 0.227. The van der Waals surface area contributed by atoms with E-state index < -0.39 is 6.04 Å². The lowest BCUT2D eigenvalue weighted by molar-refractivity contribution is -0.527. The Labute approximate surface area is 202 Å². The first-order chi connectivity index (χ1) is 16.4. The lowest BCUT2D eigenvalue weighted by Crippen LogP contribution is -2.47. The molecule has 0 spiro atoms. The van der Waals surface area contributed by atoms with Gasteiger partial charge in [-0.25, -0.2) is 0 Å². The number of fused-ring (bicyclic) bond motifs is 1. The van der Waals surface area contributed by atoms with Crippen LogP contribution in [0.15, 0.2) is 0 Å². The van der Waals surface area contributed by atoms with Crippen LogP contribution in [0.3, 0.4) is 0 Å². The van der Waals surface area contributed by atoms with E-state index in [2.05, 4.69) is 6.92 Å². The first kappa shape index (κ1) is 25.1. The Morgan fingerprint density at radius 1 is 0.941 bits per heavy atom. The summed E-state index contributed by atoms with van der Waals surface area (Å²) in [5, 5.41) is 11.3. The zero-order chi connectivity index (χ0) is 24.2. The molecule has 4 unspecified atom stereocenters. The average Bonchev–Trinajstić information content (AvgIpc) is 3.09.